The van der Waals surface area contributed by atoms with Crippen molar-refractivity contribution in [3.63, 3.8) is 0 Å². The maximum absolute atomic E-state index is 14.1. The maximum atomic E-state index is 14.1. The van der Waals surface area contributed by atoms with Gasteiger partial charge >= 0.3 is 0 Å². The third kappa shape index (κ3) is 7.88. The van der Waals surface area contributed by atoms with Gasteiger partial charge in [-0.1, -0.05) is 68.5 Å². The molecule has 0 spiro atoms. The zero-order valence-electron chi connectivity index (χ0n) is 22.0. The van der Waals surface area contributed by atoms with E-state index in [1.165, 1.54) is 6.07 Å². The minimum absolute atomic E-state index is 0.0766. The highest BCUT2D eigenvalue weighted by molar-refractivity contribution is 6.08. The summed E-state index contributed by atoms with van der Waals surface area (Å²) in [5.41, 5.74) is 0.499. The van der Waals surface area contributed by atoms with Gasteiger partial charge in [0.2, 0.25) is 5.91 Å². The second-order valence-electron chi connectivity index (χ2n) is 9.80. The summed E-state index contributed by atoms with van der Waals surface area (Å²) in [6, 6.07) is 17.0. The topological polar surface area (TPSA) is 46.2 Å². The van der Waals surface area contributed by atoms with E-state index in [9.17, 15) is 27.2 Å². The minimum atomic E-state index is -1.37. The number of allylic oxidation sites excluding steroid dienone is 1. The number of amides is 1. The fraction of sp³-hybridized carbons (Fsp3) is 0.312. The number of carbonyl (C=O) groups is 2. The Morgan fingerprint density at radius 2 is 1.51 bits per heavy atom. The number of hydrogen-bond acceptors (Lipinski definition) is 2. The SMILES string of the molecule is C=C(CCCC(CCC)(CC(=O)NCCc1ccccc1F)c1ccccc1)C(=O)c1cc(F)c(F)cc1F. The predicted octanol–water partition coefficient (Wildman–Crippen LogP) is 7.64. The average Bonchev–Trinajstić information content (AvgIpc) is 2.92. The molecule has 3 aromatic rings. The molecule has 0 bridgehead atoms. The molecule has 0 aliphatic heterocycles. The summed E-state index contributed by atoms with van der Waals surface area (Å²) in [5.74, 6) is -5.07. The first-order chi connectivity index (χ1) is 18.7. The molecular weight excluding hydrogens is 506 g/mol. The van der Waals surface area contributed by atoms with Crippen LogP contribution in [0.3, 0.4) is 0 Å². The molecule has 0 heterocycles. The van der Waals surface area contributed by atoms with Crippen LogP contribution in [0.2, 0.25) is 0 Å². The highest BCUT2D eigenvalue weighted by atomic mass is 19.2. The monoisotopic (exact) mass is 539 g/mol. The highest BCUT2D eigenvalue weighted by Gasteiger charge is 2.33. The molecule has 1 N–H and O–H groups in total. The number of rotatable bonds is 14. The summed E-state index contributed by atoms with van der Waals surface area (Å²) in [6.45, 7) is 6.08. The Balaban J connectivity index is 1.70. The lowest BCUT2D eigenvalue weighted by Gasteiger charge is -2.34. The molecule has 3 nitrogen and oxygen atoms in total. The normalized spacial score (nSPS) is 12.5. The number of hydrogen-bond donors (Lipinski definition) is 1. The zero-order valence-corrected chi connectivity index (χ0v) is 22.0. The molecule has 0 saturated carbocycles. The number of nitrogens with one attached hydrogen (secondary N) is 1. The molecule has 0 radical (unpaired) electrons. The van der Waals surface area contributed by atoms with Gasteiger partial charge in [-0.3, -0.25) is 9.59 Å². The van der Waals surface area contributed by atoms with Crippen LogP contribution in [-0.2, 0) is 16.6 Å². The third-order valence-corrected chi connectivity index (χ3v) is 7.00. The van der Waals surface area contributed by atoms with Crippen LogP contribution in [0.1, 0.15) is 66.9 Å². The Labute approximate surface area is 227 Å². The average molecular weight is 540 g/mol. The third-order valence-electron chi connectivity index (χ3n) is 7.00. The number of halogens is 4. The van der Waals surface area contributed by atoms with Crippen LogP contribution in [0.25, 0.3) is 0 Å². The summed E-state index contributed by atoms with van der Waals surface area (Å²) >= 11 is 0. The van der Waals surface area contributed by atoms with Crippen molar-refractivity contribution in [1.29, 1.82) is 0 Å². The van der Waals surface area contributed by atoms with Crippen LogP contribution < -0.4 is 5.32 Å². The van der Waals surface area contributed by atoms with Crippen LogP contribution in [0.5, 0.6) is 0 Å². The summed E-state index contributed by atoms with van der Waals surface area (Å²) < 4.78 is 54.9. The second kappa shape index (κ2) is 13.9. The van der Waals surface area contributed by atoms with Crippen molar-refractivity contribution < 1.29 is 27.2 Å². The Hall–Kier alpha value is -3.74. The van der Waals surface area contributed by atoms with Crippen molar-refractivity contribution in [2.24, 2.45) is 0 Å². The van der Waals surface area contributed by atoms with Gasteiger partial charge in [-0.2, -0.15) is 0 Å². The van der Waals surface area contributed by atoms with E-state index in [-0.39, 0.29) is 30.1 Å². The first-order valence-electron chi connectivity index (χ1n) is 13.1. The van der Waals surface area contributed by atoms with Crippen molar-refractivity contribution in [3.8, 4) is 0 Å². The molecule has 1 amide bonds. The number of Topliss-reactive ketones (excluding diaryl/α,β-unsaturated/α-hetero) is 1. The first-order valence-corrected chi connectivity index (χ1v) is 13.1. The number of ketones is 1. The molecule has 0 aromatic heterocycles. The molecule has 0 fully saturated rings. The summed E-state index contributed by atoms with van der Waals surface area (Å²) in [4.78, 5) is 25.8. The Morgan fingerprint density at radius 1 is 0.846 bits per heavy atom. The van der Waals surface area contributed by atoms with E-state index >= 15 is 0 Å². The number of carbonyl (C=O) groups excluding carboxylic acids is 2. The lowest BCUT2D eigenvalue weighted by atomic mass is 9.70. The van der Waals surface area contributed by atoms with Gasteiger partial charge < -0.3 is 5.32 Å². The Morgan fingerprint density at radius 3 is 2.21 bits per heavy atom. The van der Waals surface area contributed by atoms with E-state index in [2.05, 4.69) is 11.9 Å². The predicted molar refractivity (Wildman–Crippen MR) is 144 cm³/mol. The lowest BCUT2D eigenvalue weighted by Crippen LogP contribution is -2.36. The fourth-order valence-electron chi connectivity index (χ4n) is 5.01. The molecular formula is C32H33F4NO2. The van der Waals surface area contributed by atoms with Crippen LogP contribution in [0.4, 0.5) is 17.6 Å². The van der Waals surface area contributed by atoms with Gasteiger partial charge in [0.25, 0.3) is 0 Å². The van der Waals surface area contributed by atoms with E-state index < -0.39 is 34.2 Å². The van der Waals surface area contributed by atoms with Crippen LogP contribution in [-0.4, -0.2) is 18.2 Å². The van der Waals surface area contributed by atoms with E-state index in [4.69, 9.17) is 0 Å². The molecule has 1 atom stereocenters. The molecule has 206 valence electrons. The quantitative estimate of drug-likeness (QED) is 0.0991. The van der Waals surface area contributed by atoms with Gasteiger partial charge in [0.15, 0.2) is 17.4 Å². The van der Waals surface area contributed by atoms with Gasteiger partial charge in [-0.15, -0.1) is 0 Å². The van der Waals surface area contributed by atoms with Crippen molar-refractivity contribution in [2.75, 3.05) is 6.54 Å². The molecule has 1 unspecified atom stereocenters. The second-order valence-corrected chi connectivity index (χ2v) is 9.80. The fourth-order valence-corrected chi connectivity index (χ4v) is 5.01. The summed E-state index contributed by atoms with van der Waals surface area (Å²) in [6.07, 6.45) is 3.27. The molecule has 0 aliphatic rings. The van der Waals surface area contributed by atoms with Gasteiger partial charge in [0, 0.05) is 24.4 Å². The van der Waals surface area contributed by atoms with Gasteiger partial charge in [-0.05, 0) is 60.9 Å². The molecule has 0 saturated heterocycles. The smallest absolute Gasteiger partial charge is 0.220 e. The Kier molecular flexibility index (Phi) is 10.6. The van der Waals surface area contributed by atoms with Crippen molar-refractivity contribution in [3.05, 3.63) is 119 Å². The van der Waals surface area contributed by atoms with Crippen molar-refractivity contribution >= 4 is 11.7 Å². The zero-order chi connectivity index (χ0) is 28.4. The van der Waals surface area contributed by atoms with Gasteiger partial charge in [-0.25, -0.2) is 17.6 Å². The lowest BCUT2D eigenvalue weighted by molar-refractivity contribution is -0.122. The van der Waals surface area contributed by atoms with Gasteiger partial charge in [0.05, 0.1) is 5.56 Å². The van der Waals surface area contributed by atoms with Crippen LogP contribution >= 0.6 is 0 Å². The van der Waals surface area contributed by atoms with E-state index in [0.717, 1.165) is 12.0 Å². The number of benzene rings is 3. The Bertz CT molecular complexity index is 1310. The highest BCUT2D eigenvalue weighted by Crippen LogP contribution is 2.39. The minimum Gasteiger partial charge on any atom is -0.356 e. The molecule has 3 aromatic carbocycles. The molecule has 0 aliphatic carbocycles. The largest absolute Gasteiger partial charge is 0.356 e. The summed E-state index contributed by atoms with van der Waals surface area (Å²) in [7, 11) is 0. The van der Waals surface area contributed by atoms with Crippen LogP contribution in [0.15, 0.2) is 78.9 Å². The van der Waals surface area contributed by atoms with E-state index in [1.54, 1.807) is 18.2 Å². The first kappa shape index (κ1) is 29.8. The molecule has 7 heteroatoms. The summed E-state index contributed by atoms with van der Waals surface area (Å²) in [5, 5.41) is 2.91. The standard InChI is InChI=1S/C32H33F4NO2/c1-3-16-32(24-12-5-4-6-13-24,21-30(38)37-18-15-23-11-7-8-14-26(23)33)17-9-10-22(2)31(39)25-19-28(35)29(36)20-27(25)34/h4-8,11-14,19-20H,2-3,9-10,15-18,21H2,1H3,(H,37,38). The van der Waals surface area contributed by atoms with Crippen LogP contribution in [0, 0.1) is 23.3 Å². The van der Waals surface area contributed by atoms with E-state index in [1.807, 2.05) is 37.3 Å². The molecule has 3 rings (SSSR count). The maximum Gasteiger partial charge on any atom is 0.220 e. The van der Waals surface area contributed by atoms with Crippen molar-refractivity contribution in [1.82, 2.24) is 5.32 Å². The van der Waals surface area contributed by atoms with E-state index in [0.29, 0.717) is 49.9 Å². The molecule has 39 heavy (non-hydrogen) atoms. The van der Waals surface area contributed by atoms with Gasteiger partial charge in [0.1, 0.15) is 11.6 Å². The van der Waals surface area contributed by atoms with Crippen molar-refractivity contribution in [2.45, 2.75) is 57.3 Å².